The molecule has 1 fully saturated rings. The van der Waals surface area contributed by atoms with Crippen LogP contribution in [0, 0.1) is 0 Å². The van der Waals surface area contributed by atoms with Crippen molar-refractivity contribution >= 4 is 33.1 Å². The Kier molecular flexibility index (Phi) is 3.57. The lowest BCUT2D eigenvalue weighted by molar-refractivity contribution is 0.101. The van der Waals surface area contributed by atoms with Gasteiger partial charge in [0.05, 0.1) is 10.2 Å². The molecule has 2 aromatic heterocycles. The van der Waals surface area contributed by atoms with Gasteiger partial charge in [-0.1, -0.05) is 29.4 Å². The summed E-state index contributed by atoms with van der Waals surface area (Å²) in [4.78, 5) is 17.1. The number of hydrogen-bond donors (Lipinski definition) is 1. The number of nitrogens with zero attached hydrogens (tertiary/aromatic N) is 2. The first-order valence-electron chi connectivity index (χ1n) is 8.50. The molecular weight excluding hydrogens is 346 g/mol. The third-order valence-corrected chi connectivity index (χ3v) is 5.49. The highest BCUT2D eigenvalue weighted by Crippen LogP contribution is 2.40. The Morgan fingerprint density at radius 2 is 2.00 bits per heavy atom. The van der Waals surface area contributed by atoms with Gasteiger partial charge in [-0.25, -0.2) is 4.98 Å². The van der Waals surface area contributed by atoms with Crippen LogP contribution in [0.2, 0.25) is 0 Å². The van der Waals surface area contributed by atoms with Crippen LogP contribution < -0.4 is 5.32 Å². The summed E-state index contributed by atoms with van der Waals surface area (Å²) in [7, 11) is 0. The number of carbonyl (C=O) groups is 1. The van der Waals surface area contributed by atoms with E-state index >= 15 is 0 Å². The molecule has 1 amide bonds. The lowest BCUT2D eigenvalue weighted by Crippen LogP contribution is -2.12. The average Bonchev–Trinajstić information content (AvgIpc) is 3.22. The molecule has 1 N–H and O–H groups in total. The molecule has 5 rings (SSSR count). The van der Waals surface area contributed by atoms with Crippen LogP contribution in [-0.4, -0.2) is 16.0 Å². The van der Waals surface area contributed by atoms with Crippen LogP contribution in [0.15, 0.2) is 59.1 Å². The van der Waals surface area contributed by atoms with Crippen molar-refractivity contribution in [3.63, 3.8) is 0 Å². The number of carbonyl (C=O) groups excluding carboxylic acids is 1. The summed E-state index contributed by atoms with van der Waals surface area (Å²) in [6.07, 6.45) is 2.22. The molecule has 6 heteroatoms. The summed E-state index contributed by atoms with van der Waals surface area (Å²) in [5, 5.41) is 7.71. The van der Waals surface area contributed by atoms with Gasteiger partial charge in [-0.05, 0) is 37.1 Å². The minimum Gasteiger partial charge on any atom is -0.360 e. The van der Waals surface area contributed by atoms with Crippen LogP contribution in [-0.2, 0) is 0 Å². The van der Waals surface area contributed by atoms with Crippen LogP contribution in [0.3, 0.4) is 0 Å². The normalized spacial score (nSPS) is 13.8. The summed E-state index contributed by atoms with van der Waals surface area (Å²) in [5.74, 6) is 0.979. The Hall–Kier alpha value is -2.99. The van der Waals surface area contributed by atoms with Gasteiger partial charge >= 0.3 is 0 Å². The van der Waals surface area contributed by atoms with Crippen molar-refractivity contribution in [2.24, 2.45) is 0 Å². The Labute approximate surface area is 153 Å². The second-order valence-corrected chi connectivity index (χ2v) is 7.44. The zero-order valence-corrected chi connectivity index (χ0v) is 14.6. The van der Waals surface area contributed by atoms with Gasteiger partial charge in [0.2, 0.25) is 0 Å². The Morgan fingerprint density at radius 1 is 1.12 bits per heavy atom. The van der Waals surface area contributed by atoms with Gasteiger partial charge in [-0.2, -0.15) is 0 Å². The molecule has 4 aromatic rings. The molecule has 5 nitrogen and oxygen atoms in total. The first-order chi connectivity index (χ1) is 12.8. The molecule has 1 aliphatic carbocycles. The fourth-order valence-electron chi connectivity index (χ4n) is 2.88. The minimum atomic E-state index is -0.262. The van der Waals surface area contributed by atoms with E-state index in [-0.39, 0.29) is 5.91 Å². The fraction of sp³-hybridized carbons (Fsp3) is 0.150. The lowest BCUT2D eigenvalue weighted by atomic mass is 10.2. The molecule has 0 spiro atoms. The molecule has 1 saturated carbocycles. The number of hydrogen-bond acceptors (Lipinski definition) is 5. The molecule has 2 aromatic carbocycles. The summed E-state index contributed by atoms with van der Waals surface area (Å²) in [5.41, 5.74) is 2.99. The molecule has 26 heavy (non-hydrogen) atoms. The summed E-state index contributed by atoms with van der Waals surface area (Å²) in [6.45, 7) is 0. The van der Waals surface area contributed by atoms with Crippen molar-refractivity contribution < 1.29 is 9.32 Å². The third-order valence-electron chi connectivity index (χ3n) is 4.40. The molecule has 0 saturated heterocycles. The summed E-state index contributed by atoms with van der Waals surface area (Å²) < 4.78 is 6.40. The number of anilines is 1. The smallest absolute Gasteiger partial charge is 0.277 e. The van der Waals surface area contributed by atoms with Gasteiger partial charge in [0, 0.05) is 23.2 Å². The number of para-hydroxylation sites is 1. The monoisotopic (exact) mass is 361 g/mol. The molecule has 1 aliphatic rings. The second kappa shape index (κ2) is 6.07. The number of benzene rings is 2. The van der Waals surface area contributed by atoms with Crippen LogP contribution in [0.5, 0.6) is 0 Å². The molecule has 0 aliphatic heterocycles. The number of aromatic nitrogens is 2. The maximum atomic E-state index is 12.4. The number of nitrogens with one attached hydrogen (secondary N) is 1. The lowest BCUT2D eigenvalue weighted by Gasteiger charge is -2.04. The molecule has 0 radical (unpaired) electrons. The van der Waals surface area contributed by atoms with E-state index in [0.717, 1.165) is 39.4 Å². The van der Waals surface area contributed by atoms with E-state index in [4.69, 9.17) is 4.52 Å². The maximum Gasteiger partial charge on any atom is 0.277 e. The predicted molar refractivity (Wildman–Crippen MR) is 101 cm³/mol. The minimum absolute atomic E-state index is 0.262. The maximum absolute atomic E-state index is 12.4. The topological polar surface area (TPSA) is 68.0 Å². The van der Waals surface area contributed by atoms with Crippen molar-refractivity contribution in [2.45, 2.75) is 18.8 Å². The predicted octanol–water partition coefficient (Wildman–Crippen LogP) is 5.08. The van der Waals surface area contributed by atoms with Crippen LogP contribution in [0.4, 0.5) is 5.69 Å². The number of thiazole rings is 1. The second-order valence-electron chi connectivity index (χ2n) is 6.41. The summed E-state index contributed by atoms with van der Waals surface area (Å²) >= 11 is 1.64. The highest BCUT2D eigenvalue weighted by Gasteiger charge is 2.28. The first-order valence-corrected chi connectivity index (χ1v) is 9.32. The molecule has 0 atom stereocenters. The fourth-order valence-corrected chi connectivity index (χ4v) is 3.84. The zero-order chi connectivity index (χ0) is 17.5. The van der Waals surface area contributed by atoms with Crippen LogP contribution in [0.1, 0.15) is 35.0 Å². The molecule has 0 unspecified atom stereocenters. The van der Waals surface area contributed by atoms with E-state index in [9.17, 15) is 4.79 Å². The average molecular weight is 361 g/mol. The SMILES string of the molecule is O=C(Nc1cccc(-c2nc3ccccc3s2)c1)c1cc(C2CC2)on1. The van der Waals surface area contributed by atoms with Gasteiger partial charge in [-0.15, -0.1) is 11.3 Å². The largest absolute Gasteiger partial charge is 0.360 e. The Balaban J connectivity index is 1.39. The Bertz CT molecular complexity index is 1080. The number of amides is 1. The van der Waals surface area contributed by atoms with E-state index in [1.165, 1.54) is 0 Å². The highest BCUT2D eigenvalue weighted by atomic mass is 32.1. The van der Waals surface area contributed by atoms with Crippen molar-refractivity contribution in [1.82, 2.24) is 10.1 Å². The van der Waals surface area contributed by atoms with Crippen LogP contribution in [0.25, 0.3) is 20.8 Å². The van der Waals surface area contributed by atoms with E-state index in [1.807, 2.05) is 42.5 Å². The third kappa shape index (κ3) is 2.88. The van der Waals surface area contributed by atoms with Crippen molar-refractivity contribution in [1.29, 1.82) is 0 Å². The molecule has 0 bridgehead atoms. The standard InChI is InChI=1S/C20H15N3O2S/c24-19(16-11-17(25-23-16)12-8-9-12)21-14-5-3-4-13(10-14)20-22-15-6-1-2-7-18(15)26-20/h1-7,10-12H,8-9H2,(H,21,24). The number of rotatable bonds is 4. The molecule has 128 valence electrons. The van der Waals surface area contributed by atoms with Gasteiger partial charge < -0.3 is 9.84 Å². The van der Waals surface area contributed by atoms with Crippen molar-refractivity contribution in [3.05, 3.63) is 66.1 Å². The highest BCUT2D eigenvalue weighted by molar-refractivity contribution is 7.21. The quantitative estimate of drug-likeness (QED) is 0.550. The van der Waals surface area contributed by atoms with Gasteiger partial charge in [-0.3, -0.25) is 4.79 Å². The van der Waals surface area contributed by atoms with E-state index in [2.05, 4.69) is 21.5 Å². The molecular formula is C20H15N3O2S. The number of fused-ring (bicyclic) bond motifs is 1. The first kappa shape index (κ1) is 15.3. The van der Waals surface area contributed by atoms with E-state index in [0.29, 0.717) is 17.3 Å². The van der Waals surface area contributed by atoms with E-state index < -0.39 is 0 Å². The molecule has 2 heterocycles. The van der Waals surface area contributed by atoms with Crippen LogP contribution >= 0.6 is 11.3 Å². The van der Waals surface area contributed by atoms with Gasteiger partial charge in [0.25, 0.3) is 5.91 Å². The van der Waals surface area contributed by atoms with E-state index in [1.54, 1.807) is 17.4 Å². The van der Waals surface area contributed by atoms with Crippen molar-refractivity contribution in [3.8, 4) is 10.6 Å². The Morgan fingerprint density at radius 3 is 2.85 bits per heavy atom. The van der Waals surface area contributed by atoms with Gasteiger partial charge in [0.1, 0.15) is 10.8 Å². The summed E-state index contributed by atoms with van der Waals surface area (Å²) in [6, 6.07) is 17.5. The zero-order valence-electron chi connectivity index (χ0n) is 13.8. The van der Waals surface area contributed by atoms with Crippen molar-refractivity contribution in [2.75, 3.05) is 5.32 Å². The van der Waals surface area contributed by atoms with Gasteiger partial charge in [0.15, 0.2) is 5.69 Å².